The molecule has 0 aliphatic carbocycles. The molecule has 1 fully saturated rings. The van der Waals surface area contributed by atoms with Crippen molar-refractivity contribution in [2.45, 2.75) is 33.2 Å². The average molecular weight is 400 g/mol. The molecule has 4 rings (SSSR count). The lowest BCUT2D eigenvalue weighted by molar-refractivity contribution is -0.123. The minimum absolute atomic E-state index is 0.0341. The summed E-state index contributed by atoms with van der Waals surface area (Å²) in [5.41, 5.74) is 9.97. The van der Waals surface area contributed by atoms with Crippen LogP contribution >= 0.6 is 11.6 Å². The number of aryl methyl sites for hydroxylation is 2. The number of nitrogens with two attached hydrogens (primary N) is 1. The van der Waals surface area contributed by atoms with Crippen LogP contribution in [0.25, 0.3) is 22.0 Å². The van der Waals surface area contributed by atoms with Crippen LogP contribution in [0.15, 0.2) is 22.7 Å². The number of fused-ring (bicyclic) bond motifs is 1. The van der Waals surface area contributed by atoms with E-state index in [2.05, 4.69) is 26.1 Å². The zero-order valence-corrected chi connectivity index (χ0v) is 16.7. The monoisotopic (exact) mass is 399 g/mol. The molecule has 2 N–H and O–H groups in total. The van der Waals surface area contributed by atoms with Gasteiger partial charge in [0.25, 0.3) is 0 Å². The van der Waals surface area contributed by atoms with Crippen LogP contribution < -0.4 is 5.73 Å². The summed E-state index contributed by atoms with van der Waals surface area (Å²) in [4.78, 5) is 22.5. The van der Waals surface area contributed by atoms with Crippen LogP contribution in [0.2, 0.25) is 5.28 Å². The Kier molecular flexibility index (Phi) is 5.03. The molecule has 3 aromatic rings. The number of aromatic nitrogens is 3. The maximum Gasteiger partial charge on any atom is 0.223 e. The van der Waals surface area contributed by atoms with Gasteiger partial charge in [0.15, 0.2) is 0 Å². The highest BCUT2D eigenvalue weighted by molar-refractivity contribution is 6.28. The second-order valence-electron chi connectivity index (χ2n) is 7.32. The van der Waals surface area contributed by atoms with Crippen LogP contribution in [-0.2, 0) is 11.3 Å². The average Bonchev–Trinajstić information content (AvgIpc) is 3.00. The summed E-state index contributed by atoms with van der Waals surface area (Å²) in [5.74, 6) is 0.536. The number of carbonyl (C=O) groups excluding carboxylic acids is 1. The summed E-state index contributed by atoms with van der Waals surface area (Å²) in [6.45, 7) is 6.09. The van der Waals surface area contributed by atoms with E-state index in [1.807, 2.05) is 26.0 Å². The van der Waals surface area contributed by atoms with Gasteiger partial charge in [-0.3, -0.25) is 9.69 Å². The van der Waals surface area contributed by atoms with Crippen LogP contribution in [0.1, 0.15) is 30.0 Å². The number of rotatable bonds is 4. The van der Waals surface area contributed by atoms with Gasteiger partial charge in [-0.2, -0.15) is 0 Å². The van der Waals surface area contributed by atoms with Gasteiger partial charge in [-0.25, -0.2) is 9.97 Å². The number of halogens is 1. The van der Waals surface area contributed by atoms with E-state index in [1.165, 1.54) is 0 Å². The van der Waals surface area contributed by atoms with Gasteiger partial charge in [0.2, 0.25) is 11.2 Å². The Bertz CT molecular complexity index is 1020. The summed E-state index contributed by atoms with van der Waals surface area (Å²) in [6.07, 6.45) is 1.55. The normalized spacial score (nSPS) is 16.0. The van der Waals surface area contributed by atoms with Crippen molar-refractivity contribution in [3.05, 3.63) is 40.6 Å². The SMILES string of the molecule is Cc1noc(C)c1-c1ccc2nc(Cl)nc(CN3CCC(C(N)=O)CC3)c2c1. The number of hydrogen-bond acceptors (Lipinski definition) is 6. The second kappa shape index (κ2) is 7.48. The first-order valence-corrected chi connectivity index (χ1v) is 9.71. The highest BCUT2D eigenvalue weighted by atomic mass is 35.5. The molecule has 0 atom stereocenters. The Labute approximate surface area is 167 Å². The molecule has 3 heterocycles. The minimum atomic E-state index is -0.209. The first-order valence-electron chi connectivity index (χ1n) is 9.33. The topological polar surface area (TPSA) is 98.1 Å². The quantitative estimate of drug-likeness (QED) is 0.676. The predicted molar refractivity (Wildman–Crippen MR) is 107 cm³/mol. The molecule has 1 aromatic carbocycles. The number of hydrogen-bond donors (Lipinski definition) is 1. The Morgan fingerprint density at radius 2 is 2.04 bits per heavy atom. The van der Waals surface area contributed by atoms with Gasteiger partial charge in [0, 0.05) is 23.4 Å². The number of primary amides is 1. The number of nitrogens with zero attached hydrogens (tertiary/aromatic N) is 4. The molecule has 0 saturated carbocycles. The lowest BCUT2D eigenvalue weighted by Crippen LogP contribution is -2.38. The summed E-state index contributed by atoms with van der Waals surface area (Å²) in [6, 6.07) is 6.02. The van der Waals surface area contributed by atoms with Gasteiger partial charge >= 0.3 is 0 Å². The third-order valence-electron chi connectivity index (χ3n) is 5.43. The highest BCUT2D eigenvalue weighted by Gasteiger charge is 2.24. The molecule has 1 aliphatic heterocycles. The maximum atomic E-state index is 11.4. The van der Waals surface area contributed by atoms with Crippen molar-refractivity contribution in [3.63, 3.8) is 0 Å². The van der Waals surface area contributed by atoms with Crippen molar-refractivity contribution < 1.29 is 9.32 Å². The molecule has 7 nitrogen and oxygen atoms in total. The second-order valence-corrected chi connectivity index (χ2v) is 7.66. The van der Waals surface area contributed by atoms with Crippen LogP contribution in [-0.4, -0.2) is 39.0 Å². The van der Waals surface area contributed by atoms with Crippen LogP contribution in [0, 0.1) is 19.8 Å². The van der Waals surface area contributed by atoms with Gasteiger partial charge in [0.1, 0.15) is 5.76 Å². The Balaban J connectivity index is 1.68. The van der Waals surface area contributed by atoms with Gasteiger partial charge in [-0.15, -0.1) is 0 Å². The number of likely N-dealkylation sites (tertiary alicyclic amines) is 1. The lowest BCUT2D eigenvalue weighted by atomic mass is 9.96. The van der Waals surface area contributed by atoms with Gasteiger partial charge in [-0.05, 0) is 69.1 Å². The fraction of sp³-hybridized carbons (Fsp3) is 0.400. The molecule has 0 spiro atoms. The van der Waals surface area contributed by atoms with E-state index >= 15 is 0 Å². The smallest absolute Gasteiger partial charge is 0.223 e. The van der Waals surface area contributed by atoms with Crippen LogP contribution in [0.4, 0.5) is 0 Å². The van der Waals surface area contributed by atoms with Crippen molar-refractivity contribution in [2.24, 2.45) is 11.7 Å². The molecule has 0 bridgehead atoms. The number of carbonyl (C=O) groups is 1. The zero-order valence-electron chi connectivity index (χ0n) is 15.9. The molecular weight excluding hydrogens is 378 g/mol. The molecule has 1 amide bonds. The molecular formula is C20H22ClN5O2. The maximum absolute atomic E-state index is 11.4. The predicted octanol–water partition coefficient (Wildman–Crippen LogP) is 3.25. The van der Waals surface area contributed by atoms with Gasteiger partial charge < -0.3 is 10.3 Å². The Morgan fingerprint density at radius 1 is 1.29 bits per heavy atom. The van der Waals surface area contributed by atoms with E-state index in [9.17, 15) is 4.79 Å². The van der Waals surface area contributed by atoms with E-state index in [4.69, 9.17) is 21.9 Å². The Morgan fingerprint density at radius 3 is 2.68 bits per heavy atom. The zero-order chi connectivity index (χ0) is 19.8. The fourth-order valence-corrected chi connectivity index (χ4v) is 4.11. The van der Waals surface area contributed by atoms with Crippen molar-refractivity contribution in [3.8, 4) is 11.1 Å². The van der Waals surface area contributed by atoms with Crippen molar-refractivity contribution in [2.75, 3.05) is 13.1 Å². The van der Waals surface area contributed by atoms with E-state index in [0.717, 1.165) is 65.1 Å². The summed E-state index contributed by atoms with van der Waals surface area (Å²) < 4.78 is 5.31. The third kappa shape index (κ3) is 3.59. The lowest BCUT2D eigenvalue weighted by Gasteiger charge is -2.30. The number of piperidine rings is 1. The number of benzene rings is 1. The highest BCUT2D eigenvalue weighted by Crippen LogP contribution is 2.31. The molecule has 2 aromatic heterocycles. The first kappa shape index (κ1) is 18.8. The molecule has 1 saturated heterocycles. The first-order chi connectivity index (χ1) is 13.4. The summed E-state index contributed by atoms with van der Waals surface area (Å²) in [7, 11) is 0. The van der Waals surface area contributed by atoms with Crippen LogP contribution in [0.3, 0.4) is 0 Å². The van der Waals surface area contributed by atoms with Gasteiger partial charge in [-0.1, -0.05) is 11.2 Å². The standard InChI is InChI=1S/C20H22ClN5O2/c1-11-18(12(2)28-25-11)14-3-4-16-15(9-14)17(24-20(21)23-16)10-26-7-5-13(6-8-26)19(22)27/h3-4,9,13H,5-8,10H2,1-2H3,(H2,22,27). The van der Waals surface area contributed by atoms with Crippen molar-refractivity contribution in [1.29, 1.82) is 0 Å². The minimum Gasteiger partial charge on any atom is -0.369 e. The van der Waals surface area contributed by atoms with E-state index in [-0.39, 0.29) is 17.1 Å². The largest absolute Gasteiger partial charge is 0.369 e. The molecule has 1 aliphatic rings. The molecule has 0 radical (unpaired) electrons. The van der Waals surface area contributed by atoms with E-state index in [1.54, 1.807) is 0 Å². The van der Waals surface area contributed by atoms with Gasteiger partial charge in [0.05, 0.1) is 16.9 Å². The van der Waals surface area contributed by atoms with Crippen molar-refractivity contribution >= 4 is 28.4 Å². The van der Waals surface area contributed by atoms with Crippen molar-refractivity contribution in [1.82, 2.24) is 20.0 Å². The molecule has 28 heavy (non-hydrogen) atoms. The molecule has 146 valence electrons. The van der Waals surface area contributed by atoms with E-state index in [0.29, 0.717) is 6.54 Å². The fourth-order valence-electron chi connectivity index (χ4n) is 3.92. The molecule has 0 unspecified atom stereocenters. The van der Waals surface area contributed by atoms with Crippen LogP contribution in [0.5, 0.6) is 0 Å². The third-order valence-corrected chi connectivity index (χ3v) is 5.60. The van der Waals surface area contributed by atoms with E-state index < -0.39 is 0 Å². The summed E-state index contributed by atoms with van der Waals surface area (Å²) in [5, 5.41) is 5.24. The summed E-state index contributed by atoms with van der Waals surface area (Å²) >= 11 is 6.17. The Hall–Kier alpha value is -2.51. The number of amides is 1. The molecule has 8 heteroatoms.